The highest BCUT2D eigenvalue weighted by molar-refractivity contribution is 6.01. The number of nitrogens with one attached hydrogen (secondary N) is 1. The number of alkyl halides is 2. The standard InChI is InChI=1S/C23H22F4N2O3/c1-12-7-17-21(19(25)20(12)28-18(30)8-15-9-23(26,27)10-15)32-13(2)22(31)29(17)11-14-3-5-16(24)6-4-14/h3-7,13,15H,8-11H2,1-2H3,(H,28,30). The summed E-state index contributed by atoms with van der Waals surface area (Å²) in [6.07, 6.45) is -1.81. The van der Waals surface area contributed by atoms with Crippen molar-refractivity contribution < 1.29 is 31.9 Å². The third kappa shape index (κ3) is 4.28. The van der Waals surface area contributed by atoms with Crippen molar-refractivity contribution >= 4 is 23.2 Å². The fourth-order valence-corrected chi connectivity index (χ4v) is 4.09. The molecule has 0 aromatic heterocycles. The number of ether oxygens (including phenoxy) is 1. The van der Waals surface area contributed by atoms with E-state index in [-0.39, 0.29) is 48.8 Å². The maximum absolute atomic E-state index is 15.4. The van der Waals surface area contributed by atoms with E-state index in [1.165, 1.54) is 42.2 Å². The zero-order chi connectivity index (χ0) is 23.2. The van der Waals surface area contributed by atoms with Gasteiger partial charge in [-0.2, -0.15) is 0 Å². The van der Waals surface area contributed by atoms with E-state index < -0.39 is 35.5 Å². The lowest BCUT2D eigenvalue weighted by Crippen LogP contribution is -2.44. The molecular weight excluding hydrogens is 428 g/mol. The first kappa shape index (κ1) is 22.1. The third-order valence-electron chi connectivity index (χ3n) is 5.77. The van der Waals surface area contributed by atoms with Gasteiger partial charge in [0.25, 0.3) is 5.91 Å². The van der Waals surface area contributed by atoms with Gasteiger partial charge in [-0.1, -0.05) is 12.1 Å². The molecule has 2 amide bonds. The molecule has 0 spiro atoms. The van der Waals surface area contributed by atoms with Crippen molar-refractivity contribution in [3.8, 4) is 5.75 Å². The van der Waals surface area contributed by atoms with Crippen molar-refractivity contribution in [1.82, 2.24) is 0 Å². The Morgan fingerprint density at radius 1 is 1.22 bits per heavy atom. The number of anilines is 2. The third-order valence-corrected chi connectivity index (χ3v) is 5.77. The lowest BCUT2D eigenvalue weighted by molar-refractivity contribution is -0.130. The Bertz CT molecular complexity index is 1060. The van der Waals surface area contributed by atoms with E-state index >= 15 is 4.39 Å². The molecule has 1 N–H and O–H groups in total. The molecule has 2 aliphatic rings. The summed E-state index contributed by atoms with van der Waals surface area (Å²) in [5, 5.41) is 2.47. The fourth-order valence-electron chi connectivity index (χ4n) is 4.09. The van der Waals surface area contributed by atoms with Crippen LogP contribution in [-0.4, -0.2) is 23.8 Å². The highest BCUT2D eigenvalue weighted by Gasteiger charge is 2.45. The Morgan fingerprint density at radius 2 is 1.88 bits per heavy atom. The van der Waals surface area contributed by atoms with Gasteiger partial charge in [-0.05, 0) is 49.1 Å². The van der Waals surface area contributed by atoms with Crippen LogP contribution in [0.1, 0.15) is 37.3 Å². The Balaban J connectivity index is 1.59. The highest BCUT2D eigenvalue weighted by atomic mass is 19.3. The molecule has 1 unspecified atom stereocenters. The van der Waals surface area contributed by atoms with Gasteiger partial charge in [-0.15, -0.1) is 0 Å². The summed E-state index contributed by atoms with van der Waals surface area (Å²) in [7, 11) is 0. The van der Waals surface area contributed by atoms with Crippen molar-refractivity contribution in [2.24, 2.45) is 5.92 Å². The smallest absolute Gasteiger partial charge is 0.268 e. The quantitative estimate of drug-likeness (QED) is 0.655. The lowest BCUT2D eigenvalue weighted by Gasteiger charge is -2.35. The molecule has 2 aromatic carbocycles. The summed E-state index contributed by atoms with van der Waals surface area (Å²) in [6.45, 7) is 3.13. The lowest BCUT2D eigenvalue weighted by atomic mass is 9.79. The number of nitrogens with zero attached hydrogens (tertiary/aromatic N) is 1. The van der Waals surface area contributed by atoms with Crippen LogP contribution in [0.3, 0.4) is 0 Å². The second kappa shape index (κ2) is 8.11. The van der Waals surface area contributed by atoms with E-state index in [1.54, 1.807) is 6.92 Å². The van der Waals surface area contributed by atoms with Gasteiger partial charge in [-0.3, -0.25) is 9.59 Å². The van der Waals surface area contributed by atoms with Gasteiger partial charge in [-0.25, -0.2) is 17.6 Å². The molecule has 32 heavy (non-hydrogen) atoms. The van der Waals surface area contributed by atoms with E-state index in [1.807, 2.05) is 0 Å². The van der Waals surface area contributed by atoms with Gasteiger partial charge in [0.2, 0.25) is 11.8 Å². The van der Waals surface area contributed by atoms with Crippen LogP contribution in [0.4, 0.5) is 28.9 Å². The zero-order valence-electron chi connectivity index (χ0n) is 17.6. The average Bonchev–Trinajstić information content (AvgIpc) is 2.70. The Labute approximate surface area is 182 Å². The van der Waals surface area contributed by atoms with Crippen LogP contribution in [-0.2, 0) is 16.1 Å². The second-order valence-electron chi connectivity index (χ2n) is 8.42. The fraction of sp³-hybridized carbons (Fsp3) is 0.391. The van der Waals surface area contributed by atoms with E-state index in [4.69, 9.17) is 4.74 Å². The first-order valence-electron chi connectivity index (χ1n) is 10.3. The van der Waals surface area contributed by atoms with Crippen LogP contribution in [0.5, 0.6) is 5.75 Å². The Kier molecular flexibility index (Phi) is 5.60. The summed E-state index contributed by atoms with van der Waals surface area (Å²) >= 11 is 0. The zero-order valence-corrected chi connectivity index (χ0v) is 17.6. The number of carbonyl (C=O) groups excluding carboxylic acids is 2. The molecule has 1 saturated carbocycles. The summed E-state index contributed by atoms with van der Waals surface area (Å²) < 4.78 is 60.1. The van der Waals surface area contributed by atoms with Crippen molar-refractivity contribution in [1.29, 1.82) is 0 Å². The number of benzene rings is 2. The summed E-state index contributed by atoms with van der Waals surface area (Å²) in [6, 6.07) is 7.13. The topological polar surface area (TPSA) is 58.6 Å². The minimum absolute atomic E-state index is 0.0836. The van der Waals surface area contributed by atoms with Crippen molar-refractivity contribution in [2.45, 2.75) is 51.7 Å². The number of aryl methyl sites for hydroxylation is 1. The molecule has 5 nitrogen and oxygen atoms in total. The van der Waals surface area contributed by atoms with Crippen LogP contribution in [0.2, 0.25) is 0 Å². The largest absolute Gasteiger partial charge is 0.476 e. The Morgan fingerprint density at radius 3 is 2.50 bits per heavy atom. The number of hydrogen-bond acceptors (Lipinski definition) is 3. The molecular formula is C23H22F4N2O3. The SMILES string of the molecule is Cc1cc2c(c(F)c1NC(=O)CC1CC(F)(F)C1)OC(C)C(=O)N2Cc1ccc(F)cc1. The average molecular weight is 450 g/mol. The molecule has 1 fully saturated rings. The molecule has 170 valence electrons. The van der Waals surface area contributed by atoms with Crippen molar-refractivity contribution in [3.63, 3.8) is 0 Å². The van der Waals surface area contributed by atoms with Gasteiger partial charge >= 0.3 is 0 Å². The minimum Gasteiger partial charge on any atom is -0.476 e. The molecule has 0 saturated heterocycles. The minimum atomic E-state index is -2.73. The first-order chi connectivity index (χ1) is 15.0. The predicted molar refractivity (Wildman–Crippen MR) is 110 cm³/mol. The van der Waals surface area contributed by atoms with Crippen LogP contribution in [0, 0.1) is 24.5 Å². The molecule has 0 bridgehead atoms. The normalized spacial score (nSPS) is 19.8. The van der Waals surface area contributed by atoms with Crippen molar-refractivity contribution in [3.05, 3.63) is 53.1 Å². The van der Waals surface area contributed by atoms with Gasteiger partial charge in [0, 0.05) is 19.3 Å². The van der Waals surface area contributed by atoms with Gasteiger partial charge in [0.15, 0.2) is 17.7 Å². The predicted octanol–water partition coefficient (Wildman–Crippen LogP) is 4.96. The molecule has 1 aliphatic heterocycles. The van der Waals surface area contributed by atoms with Crippen LogP contribution < -0.4 is 15.0 Å². The highest BCUT2D eigenvalue weighted by Crippen LogP contribution is 2.45. The number of amides is 2. The number of halogens is 4. The van der Waals surface area contributed by atoms with E-state index in [0.717, 1.165) is 0 Å². The van der Waals surface area contributed by atoms with Crippen LogP contribution in [0.15, 0.2) is 30.3 Å². The summed E-state index contributed by atoms with van der Waals surface area (Å²) in [4.78, 5) is 26.4. The van der Waals surface area contributed by atoms with Crippen LogP contribution in [0.25, 0.3) is 0 Å². The molecule has 9 heteroatoms. The second-order valence-corrected chi connectivity index (χ2v) is 8.42. The van der Waals surface area contributed by atoms with Gasteiger partial charge in [0.05, 0.1) is 17.9 Å². The molecule has 2 aromatic rings. The van der Waals surface area contributed by atoms with Gasteiger partial charge < -0.3 is 15.0 Å². The van der Waals surface area contributed by atoms with Crippen molar-refractivity contribution in [2.75, 3.05) is 10.2 Å². The molecule has 4 rings (SSSR count). The number of fused-ring (bicyclic) bond motifs is 1. The monoisotopic (exact) mass is 450 g/mol. The maximum atomic E-state index is 15.4. The Hall–Kier alpha value is -3.10. The molecule has 1 aliphatic carbocycles. The maximum Gasteiger partial charge on any atom is 0.268 e. The number of rotatable bonds is 5. The van der Waals surface area contributed by atoms with Gasteiger partial charge in [0.1, 0.15) is 5.82 Å². The van der Waals surface area contributed by atoms with E-state index in [0.29, 0.717) is 11.1 Å². The molecule has 1 atom stereocenters. The number of carbonyl (C=O) groups is 2. The van der Waals surface area contributed by atoms with E-state index in [9.17, 15) is 22.8 Å². The molecule has 1 heterocycles. The van der Waals surface area contributed by atoms with E-state index in [2.05, 4.69) is 5.32 Å². The molecule has 0 radical (unpaired) electrons. The van der Waals surface area contributed by atoms with Crippen LogP contribution >= 0.6 is 0 Å². The first-order valence-corrected chi connectivity index (χ1v) is 10.3. The number of hydrogen-bond donors (Lipinski definition) is 1. The summed E-state index contributed by atoms with van der Waals surface area (Å²) in [5.74, 6) is -5.55. The summed E-state index contributed by atoms with van der Waals surface area (Å²) in [5.41, 5.74) is 1.09.